The number of carbonyl (C=O) groups excluding carboxylic acids is 3. The molecule has 0 aromatic heterocycles. The Labute approximate surface area is 177 Å². The number of rotatable bonds is 7. The average Bonchev–Trinajstić information content (AvgIpc) is 2.78. The third-order valence-electron chi connectivity index (χ3n) is 5.14. The van der Waals surface area contributed by atoms with E-state index in [0.717, 1.165) is 18.7 Å². The molecule has 0 atom stereocenters. The topological polar surface area (TPSA) is 81.8 Å². The zero-order valence-electron chi connectivity index (χ0n) is 17.3. The minimum Gasteiger partial charge on any atom is -0.368 e. The number of nitrogens with zero attached hydrogens (tertiary/aromatic N) is 2. The van der Waals surface area contributed by atoms with Crippen LogP contribution in [0.15, 0.2) is 54.6 Å². The quantitative estimate of drug-likeness (QED) is 0.732. The fourth-order valence-electron chi connectivity index (χ4n) is 3.40. The first-order valence-corrected chi connectivity index (χ1v) is 10.2. The van der Waals surface area contributed by atoms with Gasteiger partial charge >= 0.3 is 0 Å². The number of amides is 3. The van der Waals surface area contributed by atoms with Gasteiger partial charge in [-0.05, 0) is 29.8 Å². The number of hydrogen-bond acceptors (Lipinski definition) is 4. The standard InChI is InChI=1S/C23H28N4O3/c1-18(28)25-17-19-7-9-20(10-8-19)23(30)24-12-11-22(29)27-15-13-26(14-16-27)21-5-3-2-4-6-21/h2-10H,11-17H2,1H3,(H,24,30)(H,25,28). The van der Waals surface area contributed by atoms with E-state index in [1.54, 1.807) is 12.1 Å². The maximum atomic E-state index is 12.5. The highest BCUT2D eigenvalue weighted by Gasteiger charge is 2.21. The first-order valence-electron chi connectivity index (χ1n) is 10.2. The molecule has 1 aliphatic heterocycles. The summed E-state index contributed by atoms with van der Waals surface area (Å²) in [4.78, 5) is 39.8. The van der Waals surface area contributed by atoms with Crippen molar-refractivity contribution < 1.29 is 14.4 Å². The monoisotopic (exact) mass is 408 g/mol. The van der Waals surface area contributed by atoms with Crippen molar-refractivity contribution in [3.63, 3.8) is 0 Å². The van der Waals surface area contributed by atoms with Crippen LogP contribution >= 0.6 is 0 Å². The molecule has 158 valence electrons. The lowest BCUT2D eigenvalue weighted by molar-refractivity contribution is -0.131. The molecule has 2 aromatic carbocycles. The van der Waals surface area contributed by atoms with Gasteiger partial charge in [0.15, 0.2) is 0 Å². The van der Waals surface area contributed by atoms with Gasteiger partial charge in [0.25, 0.3) is 5.91 Å². The summed E-state index contributed by atoms with van der Waals surface area (Å²) >= 11 is 0. The summed E-state index contributed by atoms with van der Waals surface area (Å²) in [5.41, 5.74) is 2.64. The number of nitrogens with one attached hydrogen (secondary N) is 2. The van der Waals surface area contributed by atoms with Crippen LogP contribution in [0.3, 0.4) is 0 Å². The number of benzene rings is 2. The largest absolute Gasteiger partial charge is 0.368 e. The lowest BCUT2D eigenvalue weighted by Gasteiger charge is -2.36. The van der Waals surface area contributed by atoms with Crippen molar-refractivity contribution in [2.24, 2.45) is 0 Å². The van der Waals surface area contributed by atoms with E-state index in [2.05, 4.69) is 27.7 Å². The maximum absolute atomic E-state index is 12.5. The average molecular weight is 409 g/mol. The van der Waals surface area contributed by atoms with E-state index >= 15 is 0 Å². The van der Waals surface area contributed by atoms with Crippen LogP contribution in [0, 0.1) is 0 Å². The molecule has 0 radical (unpaired) electrons. The van der Waals surface area contributed by atoms with Crippen molar-refractivity contribution in [2.75, 3.05) is 37.6 Å². The normalized spacial score (nSPS) is 13.6. The van der Waals surface area contributed by atoms with E-state index in [9.17, 15) is 14.4 Å². The van der Waals surface area contributed by atoms with Crippen molar-refractivity contribution in [3.8, 4) is 0 Å². The molecular weight excluding hydrogens is 380 g/mol. The molecule has 0 bridgehead atoms. The zero-order chi connectivity index (χ0) is 21.3. The molecule has 0 saturated carbocycles. The minimum atomic E-state index is -0.206. The first kappa shape index (κ1) is 21.4. The number of hydrogen-bond donors (Lipinski definition) is 2. The predicted molar refractivity (Wildman–Crippen MR) is 116 cm³/mol. The van der Waals surface area contributed by atoms with Gasteiger partial charge in [-0.15, -0.1) is 0 Å². The molecule has 7 heteroatoms. The van der Waals surface area contributed by atoms with E-state index in [4.69, 9.17) is 0 Å². The van der Waals surface area contributed by atoms with Crippen molar-refractivity contribution in [1.82, 2.24) is 15.5 Å². The second-order valence-corrected chi connectivity index (χ2v) is 7.32. The van der Waals surface area contributed by atoms with Crippen LogP contribution in [-0.2, 0) is 16.1 Å². The van der Waals surface area contributed by atoms with Crippen molar-refractivity contribution >= 4 is 23.4 Å². The maximum Gasteiger partial charge on any atom is 0.251 e. The number of anilines is 1. The van der Waals surface area contributed by atoms with Crippen LogP contribution in [0.2, 0.25) is 0 Å². The van der Waals surface area contributed by atoms with E-state index in [-0.39, 0.29) is 24.1 Å². The lowest BCUT2D eigenvalue weighted by Crippen LogP contribution is -2.49. The van der Waals surface area contributed by atoms with Crippen LogP contribution in [0.1, 0.15) is 29.3 Å². The Hall–Kier alpha value is -3.35. The second-order valence-electron chi connectivity index (χ2n) is 7.32. The predicted octanol–water partition coefficient (Wildman–Crippen LogP) is 1.79. The fourth-order valence-corrected chi connectivity index (χ4v) is 3.40. The summed E-state index contributed by atoms with van der Waals surface area (Å²) in [6.45, 7) is 5.22. The van der Waals surface area contributed by atoms with Crippen LogP contribution < -0.4 is 15.5 Å². The number of piperazine rings is 1. The highest BCUT2D eigenvalue weighted by atomic mass is 16.2. The van der Waals surface area contributed by atoms with E-state index in [1.165, 1.54) is 12.6 Å². The molecule has 7 nitrogen and oxygen atoms in total. The summed E-state index contributed by atoms with van der Waals surface area (Å²) in [5, 5.41) is 5.52. The van der Waals surface area contributed by atoms with Gasteiger partial charge in [0.2, 0.25) is 11.8 Å². The molecule has 30 heavy (non-hydrogen) atoms. The molecule has 3 rings (SSSR count). The SMILES string of the molecule is CC(=O)NCc1ccc(C(=O)NCCC(=O)N2CCN(c3ccccc3)CC2)cc1. The molecule has 0 unspecified atom stereocenters. The van der Waals surface area contributed by atoms with Gasteiger partial charge in [0.1, 0.15) is 0 Å². The molecule has 1 heterocycles. The summed E-state index contributed by atoms with van der Waals surface area (Å²) in [7, 11) is 0. The van der Waals surface area contributed by atoms with Gasteiger partial charge < -0.3 is 20.4 Å². The number of carbonyl (C=O) groups is 3. The van der Waals surface area contributed by atoms with Crippen molar-refractivity contribution in [2.45, 2.75) is 19.9 Å². The highest BCUT2D eigenvalue weighted by molar-refractivity contribution is 5.94. The lowest BCUT2D eigenvalue weighted by atomic mass is 10.1. The first-order chi connectivity index (χ1) is 14.5. The Morgan fingerprint density at radius 3 is 2.17 bits per heavy atom. The van der Waals surface area contributed by atoms with Crippen LogP contribution in [0.4, 0.5) is 5.69 Å². The summed E-state index contributed by atoms with van der Waals surface area (Å²) in [6, 6.07) is 17.3. The van der Waals surface area contributed by atoms with Gasteiger partial charge in [-0.25, -0.2) is 0 Å². The van der Waals surface area contributed by atoms with Gasteiger partial charge in [-0.2, -0.15) is 0 Å². The van der Waals surface area contributed by atoms with Crippen LogP contribution in [0.5, 0.6) is 0 Å². The van der Waals surface area contributed by atoms with Crippen molar-refractivity contribution in [3.05, 3.63) is 65.7 Å². The van der Waals surface area contributed by atoms with Crippen LogP contribution in [0.25, 0.3) is 0 Å². The van der Waals surface area contributed by atoms with Gasteiger partial charge in [0.05, 0.1) is 0 Å². The molecule has 0 spiro atoms. The Morgan fingerprint density at radius 2 is 1.53 bits per heavy atom. The van der Waals surface area contributed by atoms with E-state index < -0.39 is 0 Å². The molecule has 0 aliphatic carbocycles. The number of para-hydroxylation sites is 1. The highest BCUT2D eigenvalue weighted by Crippen LogP contribution is 2.15. The summed E-state index contributed by atoms with van der Waals surface area (Å²) in [5.74, 6) is -0.237. The third kappa shape index (κ3) is 6.07. The molecule has 1 aliphatic rings. The zero-order valence-corrected chi connectivity index (χ0v) is 17.3. The third-order valence-corrected chi connectivity index (χ3v) is 5.14. The van der Waals surface area contributed by atoms with E-state index in [1.807, 2.05) is 35.2 Å². The summed E-state index contributed by atoms with van der Waals surface area (Å²) in [6.07, 6.45) is 0.289. The van der Waals surface area contributed by atoms with Crippen molar-refractivity contribution in [1.29, 1.82) is 0 Å². The second kappa shape index (κ2) is 10.4. The fraction of sp³-hybridized carbons (Fsp3) is 0.348. The molecule has 2 N–H and O–H groups in total. The molecule has 3 amide bonds. The Kier molecular flexibility index (Phi) is 7.43. The molecule has 1 fully saturated rings. The summed E-state index contributed by atoms with van der Waals surface area (Å²) < 4.78 is 0. The Balaban J connectivity index is 1.38. The van der Waals surface area contributed by atoms with E-state index in [0.29, 0.717) is 31.7 Å². The van der Waals surface area contributed by atoms with Gasteiger partial charge in [-0.3, -0.25) is 14.4 Å². The molecular formula is C23H28N4O3. The minimum absolute atomic E-state index is 0.0636. The van der Waals surface area contributed by atoms with Crippen LogP contribution in [-0.4, -0.2) is 55.3 Å². The molecule has 1 saturated heterocycles. The van der Waals surface area contributed by atoms with Gasteiger partial charge in [-0.1, -0.05) is 30.3 Å². The Bertz CT molecular complexity index is 860. The van der Waals surface area contributed by atoms with Gasteiger partial charge in [0, 0.05) is 63.9 Å². The smallest absolute Gasteiger partial charge is 0.251 e. The Morgan fingerprint density at radius 1 is 0.867 bits per heavy atom. The molecule has 2 aromatic rings.